The number of nitrogens with zero attached hydrogens (tertiary/aromatic N) is 1. The Morgan fingerprint density at radius 3 is 2.70 bits per heavy atom. The highest BCUT2D eigenvalue weighted by Crippen LogP contribution is 2.32. The van der Waals surface area contributed by atoms with Crippen LogP contribution in [-0.4, -0.2) is 35.6 Å². The van der Waals surface area contributed by atoms with E-state index in [2.05, 4.69) is 36.4 Å². The van der Waals surface area contributed by atoms with E-state index >= 15 is 0 Å². The fourth-order valence-electron chi connectivity index (χ4n) is 3.04. The highest BCUT2D eigenvalue weighted by atomic mass is 16.3. The van der Waals surface area contributed by atoms with Crippen LogP contribution >= 0.6 is 0 Å². The number of hydrogen-bond donors (Lipinski definition) is 1. The van der Waals surface area contributed by atoms with E-state index in [1.54, 1.807) is 11.9 Å². The lowest BCUT2D eigenvalue weighted by Crippen LogP contribution is -2.35. The molecule has 3 nitrogen and oxygen atoms in total. The largest absolute Gasteiger partial charge is 0.391 e. The number of amides is 1. The summed E-state index contributed by atoms with van der Waals surface area (Å²) in [7, 11) is 1.80. The maximum Gasteiger partial charge on any atom is 0.222 e. The number of hydrogen-bond acceptors (Lipinski definition) is 2. The minimum absolute atomic E-state index is 0.130. The van der Waals surface area contributed by atoms with Crippen molar-refractivity contribution in [2.24, 2.45) is 5.92 Å². The molecular weight excluding hydrogens is 286 g/mol. The Hall–Kier alpha value is -1.87. The van der Waals surface area contributed by atoms with Gasteiger partial charge in [-0.25, -0.2) is 0 Å². The Morgan fingerprint density at radius 1 is 1.22 bits per heavy atom. The molecule has 2 aromatic carbocycles. The molecule has 122 valence electrons. The van der Waals surface area contributed by atoms with E-state index in [4.69, 9.17) is 0 Å². The zero-order chi connectivity index (χ0) is 16.2. The van der Waals surface area contributed by atoms with Crippen LogP contribution < -0.4 is 0 Å². The van der Waals surface area contributed by atoms with E-state index in [9.17, 15) is 9.90 Å². The van der Waals surface area contributed by atoms with Crippen molar-refractivity contribution in [3.05, 3.63) is 48.0 Å². The van der Waals surface area contributed by atoms with Crippen LogP contribution in [0, 0.1) is 5.92 Å². The van der Waals surface area contributed by atoms with E-state index < -0.39 is 0 Å². The SMILES string of the molecule is CN(CC(O)C1CC1)C(=O)CCCc1ccc2ccccc2c1. The molecule has 1 saturated carbocycles. The van der Waals surface area contributed by atoms with Crippen molar-refractivity contribution in [2.45, 2.75) is 38.2 Å². The van der Waals surface area contributed by atoms with E-state index in [1.165, 1.54) is 16.3 Å². The standard InChI is InChI=1S/C20H25NO2/c1-21(14-19(22)17-11-12-17)20(23)8-4-5-15-9-10-16-6-2-3-7-18(16)13-15/h2-3,6-7,9-10,13,17,19,22H,4-5,8,11-12,14H2,1H3. The molecule has 23 heavy (non-hydrogen) atoms. The Balaban J connectivity index is 1.46. The number of rotatable bonds is 7. The van der Waals surface area contributed by atoms with Crippen molar-refractivity contribution in [2.75, 3.05) is 13.6 Å². The van der Waals surface area contributed by atoms with Crippen molar-refractivity contribution in [3.63, 3.8) is 0 Å². The van der Waals surface area contributed by atoms with E-state index in [1.807, 2.05) is 6.07 Å². The van der Waals surface area contributed by atoms with Gasteiger partial charge in [0.05, 0.1) is 6.10 Å². The first-order chi connectivity index (χ1) is 11.1. The Morgan fingerprint density at radius 2 is 1.96 bits per heavy atom. The fourth-order valence-corrected chi connectivity index (χ4v) is 3.04. The minimum atomic E-state index is -0.343. The molecule has 1 amide bonds. The highest BCUT2D eigenvalue weighted by Gasteiger charge is 2.30. The van der Waals surface area contributed by atoms with Gasteiger partial charge in [0.2, 0.25) is 5.91 Å². The summed E-state index contributed by atoms with van der Waals surface area (Å²) in [5.41, 5.74) is 1.28. The lowest BCUT2D eigenvalue weighted by Gasteiger charge is -2.20. The maximum absolute atomic E-state index is 12.1. The van der Waals surface area contributed by atoms with Gasteiger partial charge in [-0.2, -0.15) is 0 Å². The van der Waals surface area contributed by atoms with Crippen molar-refractivity contribution < 1.29 is 9.90 Å². The van der Waals surface area contributed by atoms with Gasteiger partial charge in [-0.1, -0.05) is 42.5 Å². The first-order valence-electron chi connectivity index (χ1n) is 8.53. The van der Waals surface area contributed by atoms with Crippen molar-refractivity contribution in [1.29, 1.82) is 0 Å². The van der Waals surface area contributed by atoms with E-state index in [0.717, 1.165) is 25.7 Å². The molecule has 0 bridgehead atoms. The topological polar surface area (TPSA) is 40.5 Å². The Labute approximate surface area is 137 Å². The third-order valence-corrected chi connectivity index (χ3v) is 4.72. The monoisotopic (exact) mass is 311 g/mol. The molecule has 1 N–H and O–H groups in total. The predicted octanol–water partition coefficient (Wildman–Crippen LogP) is 3.39. The highest BCUT2D eigenvalue weighted by molar-refractivity contribution is 5.83. The number of aliphatic hydroxyl groups excluding tert-OH is 1. The van der Waals surface area contributed by atoms with Crippen LogP contribution in [0.5, 0.6) is 0 Å². The van der Waals surface area contributed by atoms with E-state index in [-0.39, 0.29) is 12.0 Å². The van der Waals surface area contributed by atoms with Gasteiger partial charge in [0.1, 0.15) is 0 Å². The Kier molecular flexibility index (Phi) is 4.97. The summed E-state index contributed by atoms with van der Waals surface area (Å²) in [5.74, 6) is 0.549. The molecule has 0 aliphatic heterocycles. The summed E-state index contributed by atoms with van der Waals surface area (Å²) >= 11 is 0. The summed E-state index contributed by atoms with van der Waals surface area (Å²) in [4.78, 5) is 13.8. The molecule has 1 unspecified atom stereocenters. The summed E-state index contributed by atoms with van der Waals surface area (Å²) in [6.45, 7) is 0.472. The molecule has 3 heteroatoms. The molecule has 0 radical (unpaired) electrons. The normalized spacial score (nSPS) is 15.6. The van der Waals surface area contributed by atoms with E-state index in [0.29, 0.717) is 18.9 Å². The molecule has 0 saturated heterocycles. The lowest BCUT2D eigenvalue weighted by atomic mass is 10.0. The van der Waals surface area contributed by atoms with Crippen LogP contribution in [0.15, 0.2) is 42.5 Å². The third kappa shape index (κ3) is 4.32. The summed E-state index contributed by atoms with van der Waals surface area (Å²) in [5, 5.41) is 12.4. The van der Waals surface area contributed by atoms with Gasteiger partial charge in [-0.05, 0) is 47.9 Å². The van der Waals surface area contributed by atoms with Crippen LogP contribution in [0.25, 0.3) is 10.8 Å². The number of benzene rings is 2. The van der Waals surface area contributed by atoms with Gasteiger partial charge >= 0.3 is 0 Å². The summed E-state index contributed by atoms with van der Waals surface area (Å²) < 4.78 is 0. The summed E-state index contributed by atoms with van der Waals surface area (Å²) in [6, 6.07) is 14.8. The molecule has 3 rings (SSSR count). The second kappa shape index (κ2) is 7.14. The number of likely N-dealkylation sites (N-methyl/N-ethyl adjacent to an activating group) is 1. The van der Waals surface area contributed by atoms with Crippen LogP contribution in [0.2, 0.25) is 0 Å². The van der Waals surface area contributed by atoms with Crippen molar-refractivity contribution in [3.8, 4) is 0 Å². The van der Waals surface area contributed by atoms with Crippen LogP contribution in [-0.2, 0) is 11.2 Å². The Bertz CT molecular complexity index is 678. The number of carbonyl (C=O) groups excluding carboxylic acids is 1. The number of carbonyl (C=O) groups is 1. The second-order valence-electron chi connectivity index (χ2n) is 6.71. The van der Waals surface area contributed by atoms with Crippen LogP contribution in [0.4, 0.5) is 0 Å². The van der Waals surface area contributed by atoms with Gasteiger partial charge in [0, 0.05) is 20.0 Å². The number of fused-ring (bicyclic) bond motifs is 1. The molecular formula is C20H25NO2. The predicted molar refractivity (Wildman–Crippen MR) is 93.3 cm³/mol. The third-order valence-electron chi connectivity index (χ3n) is 4.72. The van der Waals surface area contributed by atoms with Gasteiger partial charge in [-0.15, -0.1) is 0 Å². The maximum atomic E-state index is 12.1. The van der Waals surface area contributed by atoms with Crippen LogP contribution in [0.3, 0.4) is 0 Å². The molecule has 0 spiro atoms. The van der Waals surface area contributed by atoms with Gasteiger partial charge in [0.25, 0.3) is 0 Å². The molecule has 1 aliphatic carbocycles. The van der Waals surface area contributed by atoms with Gasteiger partial charge in [-0.3, -0.25) is 4.79 Å². The molecule has 0 heterocycles. The average molecular weight is 311 g/mol. The summed E-state index contributed by atoms with van der Waals surface area (Å²) in [6.07, 6.45) is 4.16. The van der Waals surface area contributed by atoms with Crippen LogP contribution in [0.1, 0.15) is 31.2 Å². The number of aryl methyl sites for hydroxylation is 1. The first kappa shape index (κ1) is 16.0. The smallest absolute Gasteiger partial charge is 0.222 e. The molecule has 1 atom stereocenters. The zero-order valence-corrected chi connectivity index (χ0v) is 13.7. The quantitative estimate of drug-likeness (QED) is 0.851. The van der Waals surface area contributed by atoms with Crippen molar-refractivity contribution in [1.82, 2.24) is 4.90 Å². The lowest BCUT2D eigenvalue weighted by molar-refractivity contribution is -0.131. The fraction of sp³-hybridized carbons (Fsp3) is 0.450. The van der Waals surface area contributed by atoms with Gasteiger partial charge < -0.3 is 10.0 Å². The zero-order valence-electron chi connectivity index (χ0n) is 13.7. The minimum Gasteiger partial charge on any atom is -0.391 e. The molecule has 1 fully saturated rings. The second-order valence-corrected chi connectivity index (χ2v) is 6.71. The molecule has 1 aliphatic rings. The number of aliphatic hydroxyl groups is 1. The first-order valence-corrected chi connectivity index (χ1v) is 8.53. The molecule has 2 aromatic rings. The van der Waals surface area contributed by atoms with Gasteiger partial charge in [0.15, 0.2) is 0 Å². The average Bonchev–Trinajstić information content (AvgIpc) is 3.39. The molecule has 0 aromatic heterocycles. The van der Waals surface area contributed by atoms with Crippen molar-refractivity contribution >= 4 is 16.7 Å².